The zero-order valence-electron chi connectivity index (χ0n) is 11.2. The molecule has 1 aromatic rings. The molecule has 0 spiro atoms. The molecule has 102 valence electrons. The van der Waals surface area contributed by atoms with E-state index in [9.17, 15) is 9.59 Å². The first-order chi connectivity index (χ1) is 9.13. The molecule has 1 saturated heterocycles. The number of carbonyl (C=O) groups excluding carboxylic acids is 2. The van der Waals surface area contributed by atoms with Crippen molar-refractivity contribution in [1.29, 1.82) is 0 Å². The van der Waals surface area contributed by atoms with Gasteiger partial charge in [-0.2, -0.15) is 0 Å². The summed E-state index contributed by atoms with van der Waals surface area (Å²) in [6.07, 6.45) is 0. The molecular formula is C14H18N2O3. The molecule has 1 aromatic carbocycles. The third-order valence-corrected chi connectivity index (χ3v) is 3.36. The van der Waals surface area contributed by atoms with Gasteiger partial charge < -0.3 is 15.0 Å². The molecule has 1 heterocycles. The maximum atomic E-state index is 11.6. The van der Waals surface area contributed by atoms with Crippen molar-refractivity contribution in [3.8, 4) is 0 Å². The maximum absolute atomic E-state index is 11.6. The fourth-order valence-corrected chi connectivity index (χ4v) is 2.34. The Hall–Kier alpha value is -1.88. The summed E-state index contributed by atoms with van der Waals surface area (Å²) in [7, 11) is 1.36. The van der Waals surface area contributed by atoms with E-state index < -0.39 is 0 Å². The van der Waals surface area contributed by atoms with Crippen molar-refractivity contribution in [2.45, 2.75) is 13.0 Å². The number of amides is 1. The summed E-state index contributed by atoms with van der Waals surface area (Å²) in [6, 6.07) is 7.24. The molecule has 1 atom stereocenters. The third kappa shape index (κ3) is 2.93. The van der Waals surface area contributed by atoms with Gasteiger partial charge in [0.15, 0.2) is 0 Å². The van der Waals surface area contributed by atoms with Gasteiger partial charge in [0.05, 0.1) is 18.7 Å². The van der Waals surface area contributed by atoms with E-state index in [1.165, 1.54) is 7.11 Å². The summed E-state index contributed by atoms with van der Waals surface area (Å²) in [5, 5.41) is 3.28. The van der Waals surface area contributed by atoms with Crippen molar-refractivity contribution in [2.24, 2.45) is 0 Å². The number of benzene rings is 1. The molecular weight excluding hydrogens is 244 g/mol. The highest BCUT2D eigenvalue weighted by Gasteiger charge is 2.25. The number of nitrogens with one attached hydrogen (secondary N) is 1. The summed E-state index contributed by atoms with van der Waals surface area (Å²) in [5.74, 6) is -0.278. The molecule has 0 unspecified atom stereocenters. The SMILES string of the molecule is COC(=O)c1ccc([C@H]2CNCCN2C(C)=O)cc1. The van der Waals surface area contributed by atoms with Crippen molar-refractivity contribution >= 4 is 11.9 Å². The van der Waals surface area contributed by atoms with Crippen LogP contribution >= 0.6 is 0 Å². The lowest BCUT2D eigenvalue weighted by atomic mass is 10.0. The van der Waals surface area contributed by atoms with Crippen LogP contribution in [0.25, 0.3) is 0 Å². The number of piperazine rings is 1. The molecule has 19 heavy (non-hydrogen) atoms. The Balaban J connectivity index is 2.20. The summed E-state index contributed by atoms with van der Waals surface area (Å²) in [4.78, 5) is 24.9. The van der Waals surface area contributed by atoms with E-state index >= 15 is 0 Å². The molecule has 2 rings (SSSR count). The van der Waals surface area contributed by atoms with Crippen molar-refractivity contribution in [3.05, 3.63) is 35.4 Å². The highest BCUT2D eigenvalue weighted by atomic mass is 16.5. The smallest absolute Gasteiger partial charge is 0.337 e. The van der Waals surface area contributed by atoms with Gasteiger partial charge in [0.25, 0.3) is 0 Å². The lowest BCUT2D eigenvalue weighted by Crippen LogP contribution is -2.47. The topological polar surface area (TPSA) is 58.6 Å². The predicted octanol–water partition coefficient (Wildman–Crippen LogP) is 0.966. The van der Waals surface area contributed by atoms with Crippen LogP contribution in [0.15, 0.2) is 24.3 Å². The van der Waals surface area contributed by atoms with Gasteiger partial charge in [-0.25, -0.2) is 4.79 Å². The molecule has 1 aliphatic rings. The van der Waals surface area contributed by atoms with Gasteiger partial charge >= 0.3 is 5.97 Å². The number of esters is 1. The number of hydrogen-bond acceptors (Lipinski definition) is 4. The number of nitrogens with zero attached hydrogens (tertiary/aromatic N) is 1. The summed E-state index contributed by atoms with van der Waals surface area (Å²) in [5.41, 5.74) is 1.54. The second-order valence-corrected chi connectivity index (χ2v) is 4.55. The highest BCUT2D eigenvalue weighted by molar-refractivity contribution is 5.89. The van der Waals surface area contributed by atoms with E-state index in [2.05, 4.69) is 10.1 Å². The average Bonchev–Trinajstić information content (AvgIpc) is 2.46. The molecule has 1 fully saturated rings. The lowest BCUT2D eigenvalue weighted by Gasteiger charge is -2.36. The van der Waals surface area contributed by atoms with E-state index in [1.807, 2.05) is 17.0 Å². The van der Waals surface area contributed by atoms with E-state index in [4.69, 9.17) is 0 Å². The minimum absolute atomic E-state index is 0.0259. The lowest BCUT2D eigenvalue weighted by molar-refractivity contribution is -0.132. The van der Waals surface area contributed by atoms with Gasteiger partial charge in [0.1, 0.15) is 0 Å². The van der Waals surface area contributed by atoms with Crippen LogP contribution in [-0.4, -0.2) is 43.5 Å². The quantitative estimate of drug-likeness (QED) is 0.807. The van der Waals surface area contributed by atoms with Crippen LogP contribution in [0.4, 0.5) is 0 Å². The van der Waals surface area contributed by atoms with Crippen LogP contribution in [0.5, 0.6) is 0 Å². The molecule has 0 radical (unpaired) electrons. The van der Waals surface area contributed by atoms with Gasteiger partial charge in [-0.3, -0.25) is 4.79 Å². The molecule has 5 heteroatoms. The number of methoxy groups -OCH3 is 1. The zero-order chi connectivity index (χ0) is 13.8. The van der Waals surface area contributed by atoms with Gasteiger partial charge in [-0.15, -0.1) is 0 Å². The summed E-state index contributed by atoms with van der Waals surface area (Å²) in [6.45, 7) is 3.84. The Morgan fingerprint density at radius 3 is 2.58 bits per heavy atom. The Kier molecular flexibility index (Phi) is 4.16. The van der Waals surface area contributed by atoms with Crippen LogP contribution in [0.3, 0.4) is 0 Å². The largest absolute Gasteiger partial charge is 0.465 e. The first-order valence-corrected chi connectivity index (χ1v) is 6.29. The maximum Gasteiger partial charge on any atom is 0.337 e. The first kappa shape index (κ1) is 13.5. The fraction of sp³-hybridized carbons (Fsp3) is 0.429. The van der Waals surface area contributed by atoms with Gasteiger partial charge in [0, 0.05) is 26.6 Å². The van der Waals surface area contributed by atoms with E-state index in [-0.39, 0.29) is 17.9 Å². The Morgan fingerprint density at radius 2 is 2.00 bits per heavy atom. The number of ether oxygens (including phenoxy) is 1. The van der Waals surface area contributed by atoms with Crippen molar-refractivity contribution in [3.63, 3.8) is 0 Å². The molecule has 0 bridgehead atoms. The molecule has 1 aliphatic heterocycles. The van der Waals surface area contributed by atoms with Gasteiger partial charge in [-0.05, 0) is 17.7 Å². The van der Waals surface area contributed by atoms with E-state index in [0.717, 1.165) is 18.7 Å². The van der Waals surface area contributed by atoms with Crippen LogP contribution in [-0.2, 0) is 9.53 Å². The van der Waals surface area contributed by atoms with Gasteiger partial charge in [0.2, 0.25) is 5.91 Å². The normalized spacial score (nSPS) is 19.1. The number of rotatable bonds is 2. The molecule has 1 amide bonds. The zero-order valence-corrected chi connectivity index (χ0v) is 11.2. The van der Waals surface area contributed by atoms with Crippen LogP contribution in [0.2, 0.25) is 0 Å². The fourth-order valence-electron chi connectivity index (χ4n) is 2.34. The third-order valence-electron chi connectivity index (χ3n) is 3.36. The number of carbonyl (C=O) groups is 2. The molecule has 5 nitrogen and oxygen atoms in total. The standard InChI is InChI=1S/C14H18N2O3/c1-10(17)16-8-7-15-9-13(16)11-3-5-12(6-4-11)14(18)19-2/h3-6,13,15H,7-9H2,1-2H3/t13-/m1/s1. The Bertz CT molecular complexity index is 470. The minimum Gasteiger partial charge on any atom is -0.465 e. The van der Waals surface area contributed by atoms with Gasteiger partial charge in [-0.1, -0.05) is 12.1 Å². The first-order valence-electron chi connectivity index (χ1n) is 6.29. The Morgan fingerprint density at radius 1 is 1.32 bits per heavy atom. The second-order valence-electron chi connectivity index (χ2n) is 4.55. The van der Waals surface area contributed by atoms with E-state index in [1.54, 1.807) is 19.1 Å². The van der Waals surface area contributed by atoms with Crippen molar-refractivity contribution < 1.29 is 14.3 Å². The monoisotopic (exact) mass is 262 g/mol. The predicted molar refractivity (Wildman–Crippen MR) is 70.8 cm³/mol. The van der Waals surface area contributed by atoms with Crippen molar-refractivity contribution in [2.75, 3.05) is 26.7 Å². The Labute approximate surface area is 112 Å². The molecule has 0 aromatic heterocycles. The second kappa shape index (κ2) is 5.84. The average molecular weight is 262 g/mol. The summed E-state index contributed by atoms with van der Waals surface area (Å²) >= 11 is 0. The minimum atomic E-state index is -0.350. The number of hydrogen-bond donors (Lipinski definition) is 1. The van der Waals surface area contributed by atoms with Crippen LogP contribution in [0, 0.1) is 0 Å². The summed E-state index contributed by atoms with van der Waals surface area (Å²) < 4.78 is 4.67. The van der Waals surface area contributed by atoms with Crippen molar-refractivity contribution in [1.82, 2.24) is 10.2 Å². The van der Waals surface area contributed by atoms with Crippen LogP contribution in [0.1, 0.15) is 28.9 Å². The highest BCUT2D eigenvalue weighted by Crippen LogP contribution is 2.22. The molecule has 0 saturated carbocycles. The molecule has 1 N–H and O–H groups in total. The van der Waals surface area contributed by atoms with Crippen LogP contribution < -0.4 is 5.32 Å². The molecule has 0 aliphatic carbocycles. The van der Waals surface area contributed by atoms with E-state index in [0.29, 0.717) is 12.1 Å².